The molecule has 1 amide bonds. The molecule has 1 rings (SSSR count). The summed E-state index contributed by atoms with van der Waals surface area (Å²) in [6.45, 7) is 5.63. The largest absolute Gasteiger partial charge is 0.348 e. The maximum atomic E-state index is 11.5. The monoisotopic (exact) mass is 182 g/mol. The highest BCUT2D eigenvalue weighted by molar-refractivity contribution is 5.93. The van der Waals surface area contributed by atoms with Crippen LogP contribution in [-0.2, 0) is 7.05 Å². The maximum Gasteiger partial charge on any atom is 0.273 e. The van der Waals surface area contributed by atoms with Gasteiger partial charge in [0.2, 0.25) is 0 Å². The number of nitrogens with one attached hydrogen (secondary N) is 1. The Balaban J connectivity index is 2.83. The summed E-state index contributed by atoms with van der Waals surface area (Å²) in [6, 6.07) is 0.119. The molecule has 0 unspecified atom stereocenters. The van der Waals surface area contributed by atoms with Gasteiger partial charge in [0.05, 0.1) is 5.69 Å². The van der Waals surface area contributed by atoms with Crippen LogP contribution in [0.1, 0.15) is 30.0 Å². The number of rotatable bonds is 2. The third kappa shape index (κ3) is 2.05. The highest BCUT2D eigenvalue weighted by atomic mass is 16.2. The van der Waals surface area contributed by atoms with Crippen LogP contribution < -0.4 is 5.32 Å². The molecule has 72 valence electrons. The van der Waals surface area contributed by atoms with Gasteiger partial charge in [-0.15, -0.1) is 5.10 Å². The zero-order chi connectivity index (χ0) is 10.0. The summed E-state index contributed by atoms with van der Waals surface area (Å²) >= 11 is 0. The van der Waals surface area contributed by atoms with Crippen molar-refractivity contribution in [2.24, 2.45) is 7.05 Å². The Kier molecular flexibility index (Phi) is 2.65. The van der Waals surface area contributed by atoms with Crippen LogP contribution in [0.15, 0.2) is 0 Å². The molecule has 0 spiro atoms. The van der Waals surface area contributed by atoms with Crippen molar-refractivity contribution in [1.82, 2.24) is 20.3 Å². The predicted molar refractivity (Wildman–Crippen MR) is 48.3 cm³/mol. The van der Waals surface area contributed by atoms with Gasteiger partial charge in [0.25, 0.3) is 5.91 Å². The second-order valence-electron chi connectivity index (χ2n) is 3.28. The molecule has 0 saturated carbocycles. The minimum atomic E-state index is -0.166. The Bertz CT molecular complexity index is 316. The third-order valence-electron chi connectivity index (χ3n) is 1.74. The van der Waals surface area contributed by atoms with Crippen molar-refractivity contribution >= 4 is 5.91 Å². The van der Waals surface area contributed by atoms with Crippen LogP contribution in [-0.4, -0.2) is 26.9 Å². The zero-order valence-corrected chi connectivity index (χ0v) is 8.33. The molecule has 1 aromatic rings. The van der Waals surface area contributed by atoms with Crippen molar-refractivity contribution in [2.75, 3.05) is 0 Å². The number of hydrogen-bond acceptors (Lipinski definition) is 3. The van der Waals surface area contributed by atoms with Gasteiger partial charge in [-0.05, 0) is 20.8 Å². The summed E-state index contributed by atoms with van der Waals surface area (Å²) in [5, 5.41) is 10.3. The van der Waals surface area contributed by atoms with Crippen LogP contribution in [0, 0.1) is 6.92 Å². The van der Waals surface area contributed by atoms with Crippen molar-refractivity contribution in [3.8, 4) is 0 Å². The minimum Gasteiger partial charge on any atom is -0.348 e. The molecule has 0 aliphatic heterocycles. The standard InChI is InChI=1S/C8H14N4O/c1-5(2)9-8(13)7-6(3)12(4)11-10-7/h5H,1-4H3,(H,9,13). The highest BCUT2D eigenvalue weighted by Crippen LogP contribution is 2.01. The molecule has 0 fully saturated rings. The first-order chi connectivity index (χ1) is 6.02. The predicted octanol–water partition coefficient (Wildman–Crippen LogP) is 0.262. The second kappa shape index (κ2) is 3.55. The van der Waals surface area contributed by atoms with Crippen molar-refractivity contribution in [2.45, 2.75) is 26.8 Å². The summed E-state index contributed by atoms with van der Waals surface area (Å²) in [6.07, 6.45) is 0. The summed E-state index contributed by atoms with van der Waals surface area (Å²) in [4.78, 5) is 11.5. The van der Waals surface area contributed by atoms with Crippen LogP contribution in [0.5, 0.6) is 0 Å². The number of carbonyl (C=O) groups excluding carboxylic acids is 1. The zero-order valence-electron chi connectivity index (χ0n) is 8.33. The molecule has 1 N–H and O–H groups in total. The summed E-state index contributed by atoms with van der Waals surface area (Å²) < 4.78 is 1.58. The molecule has 1 aromatic heterocycles. The van der Waals surface area contributed by atoms with E-state index in [1.807, 2.05) is 20.8 Å². The quantitative estimate of drug-likeness (QED) is 0.713. The van der Waals surface area contributed by atoms with Gasteiger partial charge in [-0.25, -0.2) is 0 Å². The van der Waals surface area contributed by atoms with Gasteiger partial charge in [0.15, 0.2) is 5.69 Å². The van der Waals surface area contributed by atoms with Gasteiger partial charge < -0.3 is 5.32 Å². The van der Waals surface area contributed by atoms with Gasteiger partial charge in [0.1, 0.15) is 0 Å². The number of aromatic nitrogens is 3. The van der Waals surface area contributed by atoms with E-state index in [0.717, 1.165) is 5.69 Å². The topological polar surface area (TPSA) is 59.8 Å². The van der Waals surface area contributed by atoms with E-state index in [2.05, 4.69) is 15.6 Å². The van der Waals surface area contributed by atoms with Crippen LogP contribution >= 0.6 is 0 Å². The number of carbonyl (C=O) groups is 1. The first-order valence-corrected chi connectivity index (χ1v) is 4.19. The van der Waals surface area contributed by atoms with Gasteiger partial charge >= 0.3 is 0 Å². The molecule has 1 heterocycles. The molecule has 0 saturated heterocycles. The van der Waals surface area contributed by atoms with Crippen LogP contribution in [0.3, 0.4) is 0 Å². The molecule has 0 aliphatic carbocycles. The molecule has 0 aliphatic rings. The lowest BCUT2D eigenvalue weighted by atomic mass is 10.3. The lowest BCUT2D eigenvalue weighted by molar-refractivity contribution is 0.0937. The van der Waals surface area contributed by atoms with Crippen LogP contribution in [0.4, 0.5) is 0 Å². The SMILES string of the molecule is Cc1c(C(=O)NC(C)C)nnn1C. The van der Waals surface area contributed by atoms with E-state index in [9.17, 15) is 4.79 Å². The van der Waals surface area contributed by atoms with E-state index in [4.69, 9.17) is 0 Å². The number of aryl methyl sites for hydroxylation is 1. The number of hydrogen-bond donors (Lipinski definition) is 1. The van der Waals surface area contributed by atoms with Crippen molar-refractivity contribution in [3.63, 3.8) is 0 Å². The van der Waals surface area contributed by atoms with Crippen molar-refractivity contribution in [1.29, 1.82) is 0 Å². The van der Waals surface area contributed by atoms with E-state index < -0.39 is 0 Å². The first-order valence-electron chi connectivity index (χ1n) is 4.19. The second-order valence-corrected chi connectivity index (χ2v) is 3.28. The average molecular weight is 182 g/mol. The van der Waals surface area contributed by atoms with E-state index in [1.165, 1.54) is 0 Å². The van der Waals surface area contributed by atoms with E-state index in [1.54, 1.807) is 11.7 Å². The molecule has 5 nitrogen and oxygen atoms in total. The normalized spacial score (nSPS) is 10.5. The summed E-state index contributed by atoms with van der Waals surface area (Å²) in [5.74, 6) is -0.166. The Morgan fingerprint density at radius 1 is 1.54 bits per heavy atom. The highest BCUT2D eigenvalue weighted by Gasteiger charge is 2.14. The third-order valence-corrected chi connectivity index (χ3v) is 1.74. The molecule has 5 heteroatoms. The number of amides is 1. The van der Waals surface area contributed by atoms with Gasteiger partial charge in [-0.2, -0.15) is 0 Å². The first kappa shape index (κ1) is 9.70. The van der Waals surface area contributed by atoms with Crippen LogP contribution in [0.2, 0.25) is 0 Å². The van der Waals surface area contributed by atoms with E-state index in [0.29, 0.717) is 5.69 Å². The fraction of sp³-hybridized carbons (Fsp3) is 0.625. The molecule has 0 radical (unpaired) electrons. The molecule has 13 heavy (non-hydrogen) atoms. The van der Waals surface area contributed by atoms with Gasteiger partial charge in [0, 0.05) is 13.1 Å². The van der Waals surface area contributed by atoms with Gasteiger partial charge in [-0.3, -0.25) is 9.48 Å². The Hall–Kier alpha value is -1.39. The summed E-state index contributed by atoms with van der Waals surface area (Å²) in [7, 11) is 1.76. The lowest BCUT2D eigenvalue weighted by Gasteiger charge is -2.05. The Morgan fingerprint density at radius 2 is 2.15 bits per heavy atom. The molecule has 0 bridgehead atoms. The summed E-state index contributed by atoms with van der Waals surface area (Å²) in [5.41, 5.74) is 1.18. The maximum absolute atomic E-state index is 11.5. The molecule has 0 aromatic carbocycles. The van der Waals surface area contributed by atoms with Crippen molar-refractivity contribution < 1.29 is 4.79 Å². The number of nitrogens with zero attached hydrogens (tertiary/aromatic N) is 3. The Labute approximate surface area is 77.1 Å². The molecular weight excluding hydrogens is 168 g/mol. The Morgan fingerprint density at radius 3 is 2.54 bits per heavy atom. The van der Waals surface area contributed by atoms with Crippen molar-refractivity contribution in [3.05, 3.63) is 11.4 Å². The van der Waals surface area contributed by atoms with Gasteiger partial charge in [-0.1, -0.05) is 5.21 Å². The lowest BCUT2D eigenvalue weighted by Crippen LogP contribution is -2.30. The molecular formula is C8H14N4O. The fourth-order valence-corrected chi connectivity index (χ4v) is 0.945. The average Bonchev–Trinajstić information content (AvgIpc) is 2.31. The molecule has 0 atom stereocenters. The van der Waals surface area contributed by atoms with E-state index >= 15 is 0 Å². The smallest absolute Gasteiger partial charge is 0.273 e. The van der Waals surface area contributed by atoms with Crippen LogP contribution in [0.25, 0.3) is 0 Å². The van der Waals surface area contributed by atoms with E-state index in [-0.39, 0.29) is 11.9 Å². The fourth-order valence-electron chi connectivity index (χ4n) is 0.945. The minimum absolute atomic E-state index is 0.119.